The minimum Gasteiger partial charge on any atom is -0.384 e. The van der Waals surface area contributed by atoms with E-state index in [9.17, 15) is 0 Å². The molecule has 1 fully saturated rings. The van der Waals surface area contributed by atoms with Crippen LogP contribution < -0.4 is 5.32 Å². The van der Waals surface area contributed by atoms with Gasteiger partial charge in [-0.25, -0.2) is 4.98 Å². The Balaban J connectivity index is 1.78. The Labute approximate surface area is 95.9 Å². The van der Waals surface area contributed by atoms with Gasteiger partial charge in [-0.05, 0) is 32.0 Å². The van der Waals surface area contributed by atoms with Crippen molar-refractivity contribution in [1.82, 2.24) is 9.88 Å². The number of hydrogen-bond donors (Lipinski definition) is 1. The molecule has 0 atom stereocenters. The van der Waals surface area contributed by atoms with E-state index in [-0.39, 0.29) is 0 Å². The normalized spacial score (nSPS) is 14.8. The lowest BCUT2D eigenvalue weighted by Crippen LogP contribution is -2.27. The number of nitriles is 1. The lowest BCUT2D eigenvalue weighted by molar-refractivity contribution is 0.337. The fraction of sp³-hybridized carbons (Fsp3) is 0.500. The van der Waals surface area contributed by atoms with Crippen molar-refractivity contribution < 1.29 is 0 Å². The van der Waals surface area contributed by atoms with Crippen LogP contribution in [0.25, 0.3) is 0 Å². The number of anilines is 1. The first kappa shape index (κ1) is 10.9. The van der Waals surface area contributed by atoms with Gasteiger partial charge in [0.15, 0.2) is 0 Å². The predicted molar refractivity (Wildman–Crippen MR) is 63.1 cm³/mol. The first-order chi connectivity index (χ1) is 7.79. The number of nitrogens with zero attached hydrogens (tertiary/aromatic N) is 3. The summed E-state index contributed by atoms with van der Waals surface area (Å²) in [6.45, 7) is 1.94. The maximum absolute atomic E-state index is 8.71. The maximum Gasteiger partial charge on any atom is 0.142 e. The molecule has 2 rings (SSSR count). The summed E-state index contributed by atoms with van der Waals surface area (Å²) in [6, 6.07) is 6.49. The topological polar surface area (TPSA) is 52.0 Å². The first-order valence-electron chi connectivity index (χ1n) is 5.60. The Kier molecular flexibility index (Phi) is 3.37. The minimum atomic E-state index is 0.459. The molecule has 1 heterocycles. The molecule has 1 aromatic rings. The molecular weight excluding hydrogens is 200 g/mol. The zero-order valence-electron chi connectivity index (χ0n) is 9.48. The molecule has 0 aromatic carbocycles. The van der Waals surface area contributed by atoms with Crippen LogP contribution in [0.1, 0.15) is 18.5 Å². The molecular formula is C12H16N4. The van der Waals surface area contributed by atoms with Crippen molar-refractivity contribution in [3.63, 3.8) is 0 Å². The second kappa shape index (κ2) is 4.95. The van der Waals surface area contributed by atoms with Gasteiger partial charge in [-0.1, -0.05) is 0 Å². The predicted octanol–water partition coefficient (Wildman–Crippen LogP) is 1.46. The minimum absolute atomic E-state index is 0.459. The number of aromatic nitrogens is 1. The first-order valence-corrected chi connectivity index (χ1v) is 5.60. The molecule has 0 saturated heterocycles. The van der Waals surface area contributed by atoms with Crippen molar-refractivity contribution in [3.05, 3.63) is 24.0 Å². The van der Waals surface area contributed by atoms with Crippen LogP contribution in [0.5, 0.6) is 0 Å². The van der Waals surface area contributed by atoms with Crippen molar-refractivity contribution in [2.75, 3.05) is 25.5 Å². The van der Waals surface area contributed by atoms with Crippen molar-refractivity contribution in [2.45, 2.75) is 18.9 Å². The van der Waals surface area contributed by atoms with Crippen LogP contribution in [-0.2, 0) is 0 Å². The molecule has 0 aliphatic heterocycles. The highest BCUT2D eigenvalue weighted by molar-refractivity contribution is 5.45. The highest BCUT2D eigenvalue weighted by atomic mass is 15.2. The quantitative estimate of drug-likeness (QED) is 0.809. The maximum atomic E-state index is 8.71. The molecule has 0 spiro atoms. The third-order valence-corrected chi connectivity index (χ3v) is 2.84. The van der Waals surface area contributed by atoms with Crippen LogP contribution in [0.2, 0.25) is 0 Å². The van der Waals surface area contributed by atoms with Crippen LogP contribution in [0.3, 0.4) is 0 Å². The number of nitrogens with one attached hydrogen (secondary N) is 1. The number of rotatable bonds is 5. The van der Waals surface area contributed by atoms with Gasteiger partial charge >= 0.3 is 0 Å². The summed E-state index contributed by atoms with van der Waals surface area (Å²) in [5.74, 6) is 0. The van der Waals surface area contributed by atoms with Gasteiger partial charge in [0, 0.05) is 31.0 Å². The van der Waals surface area contributed by atoms with E-state index in [2.05, 4.69) is 22.2 Å². The van der Waals surface area contributed by atoms with Gasteiger partial charge in [0.1, 0.15) is 11.8 Å². The van der Waals surface area contributed by atoms with Gasteiger partial charge < -0.3 is 10.2 Å². The Morgan fingerprint density at radius 3 is 3.12 bits per heavy atom. The molecule has 84 valence electrons. The fourth-order valence-electron chi connectivity index (χ4n) is 1.68. The largest absolute Gasteiger partial charge is 0.384 e. The summed E-state index contributed by atoms with van der Waals surface area (Å²) in [5.41, 5.74) is 1.43. The van der Waals surface area contributed by atoms with Gasteiger partial charge in [-0.3, -0.25) is 0 Å². The molecule has 16 heavy (non-hydrogen) atoms. The van der Waals surface area contributed by atoms with E-state index in [4.69, 9.17) is 5.26 Å². The van der Waals surface area contributed by atoms with E-state index < -0.39 is 0 Å². The van der Waals surface area contributed by atoms with Gasteiger partial charge in [0.2, 0.25) is 0 Å². The Bertz CT molecular complexity index is 392. The summed E-state index contributed by atoms with van der Waals surface area (Å²) in [4.78, 5) is 6.30. The SMILES string of the molecule is CN(CCNc1ccnc(C#N)c1)C1CC1. The number of likely N-dealkylation sites (N-methyl/N-ethyl adjacent to an activating group) is 1. The van der Waals surface area contributed by atoms with Gasteiger partial charge in [-0.2, -0.15) is 5.26 Å². The molecule has 0 bridgehead atoms. The van der Waals surface area contributed by atoms with E-state index in [1.165, 1.54) is 12.8 Å². The molecule has 0 radical (unpaired) electrons. The zero-order valence-corrected chi connectivity index (χ0v) is 9.48. The van der Waals surface area contributed by atoms with Crippen molar-refractivity contribution in [1.29, 1.82) is 5.26 Å². The van der Waals surface area contributed by atoms with Crippen LogP contribution in [0.15, 0.2) is 18.3 Å². The third-order valence-electron chi connectivity index (χ3n) is 2.84. The molecule has 1 aliphatic rings. The van der Waals surface area contributed by atoms with Crippen LogP contribution in [0.4, 0.5) is 5.69 Å². The lowest BCUT2D eigenvalue weighted by Gasteiger charge is -2.16. The van der Waals surface area contributed by atoms with E-state index >= 15 is 0 Å². The fourth-order valence-corrected chi connectivity index (χ4v) is 1.68. The smallest absolute Gasteiger partial charge is 0.142 e. The monoisotopic (exact) mass is 216 g/mol. The van der Waals surface area contributed by atoms with Crippen LogP contribution in [0, 0.1) is 11.3 Å². The summed E-state index contributed by atoms with van der Waals surface area (Å²) in [7, 11) is 2.16. The summed E-state index contributed by atoms with van der Waals surface area (Å²) in [6.07, 6.45) is 4.33. The average Bonchev–Trinajstić information content (AvgIpc) is 3.13. The van der Waals surface area contributed by atoms with Crippen molar-refractivity contribution >= 4 is 5.69 Å². The van der Waals surface area contributed by atoms with Gasteiger partial charge in [0.05, 0.1) is 0 Å². The highest BCUT2D eigenvalue weighted by Crippen LogP contribution is 2.24. The van der Waals surface area contributed by atoms with Gasteiger partial charge in [-0.15, -0.1) is 0 Å². The third kappa shape index (κ3) is 2.94. The Hall–Kier alpha value is -1.60. The highest BCUT2D eigenvalue weighted by Gasteiger charge is 2.25. The molecule has 0 amide bonds. The van der Waals surface area contributed by atoms with E-state index in [0.29, 0.717) is 5.69 Å². The second-order valence-corrected chi connectivity index (χ2v) is 4.18. The molecule has 4 nitrogen and oxygen atoms in total. The zero-order chi connectivity index (χ0) is 11.4. The average molecular weight is 216 g/mol. The Morgan fingerprint density at radius 1 is 1.62 bits per heavy atom. The molecule has 0 unspecified atom stereocenters. The summed E-state index contributed by atoms with van der Waals surface area (Å²) >= 11 is 0. The van der Waals surface area contributed by atoms with Crippen LogP contribution in [-0.4, -0.2) is 36.1 Å². The van der Waals surface area contributed by atoms with E-state index in [1.54, 1.807) is 12.3 Å². The van der Waals surface area contributed by atoms with Crippen molar-refractivity contribution in [3.8, 4) is 6.07 Å². The summed E-state index contributed by atoms with van der Waals surface area (Å²) in [5, 5.41) is 12.0. The second-order valence-electron chi connectivity index (χ2n) is 4.18. The van der Waals surface area contributed by atoms with E-state index in [1.807, 2.05) is 12.1 Å². The Morgan fingerprint density at radius 2 is 2.44 bits per heavy atom. The standard InChI is InChI=1S/C12H16N4/c1-16(12-2-3-12)7-6-15-10-4-5-14-11(8-10)9-13/h4-5,8,12H,2-3,6-7H2,1H3,(H,14,15). The summed E-state index contributed by atoms with van der Waals surface area (Å²) < 4.78 is 0. The molecule has 4 heteroatoms. The molecule has 1 saturated carbocycles. The van der Waals surface area contributed by atoms with Crippen molar-refractivity contribution in [2.24, 2.45) is 0 Å². The van der Waals surface area contributed by atoms with Gasteiger partial charge in [0.25, 0.3) is 0 Å². The van der Waals surface area contributed by atoms with Crippen LogP contribution >= 0.6 is 0 Å². The molecule has 1 N–H and O–H groups in total. The number of hydrogen-bond acceptors (Lipinski definition) is 4. The van der Waals surface area contributed by atoms with E-state index in [0.717, 1.165) is 24.8 Å². The molecule has 1 aromatic heterocycles. The number of pyridine rings is 1. The molecule has 1 aliphatic carbocycles. The lowest BCUT2D eigenvalue weighted by atomic mass is 10.3.